The van der Waals surface area contributed by atoms with Gasteiger partial charge in [-0.1, -0.05) is 12.1 Å². The first-order valence-corrected chi connectivity index (χ1v) is 6.32. The molecule has 0 atom stereocenters. The average Bonchev–Trinajstić information content (AvgIpc) is 2.72. The van der Waals surface area contributed by atoms with Gasteiger partial charge in [-0.2, -0.15) is 9.40 Å². The fourth-order valence-electron chi connectivity index (χ4n) is 1.33. The highest BCUT2D eigenvalue weighted by Crippen LogP contribution is 2.13. The first-order chi connectivity index (χ1) is 7.93. The van der Waals surface area contributed by atoms with Crippen LogP contribution in [0.2, 0.25) is 0 Å². The maximum Gasteiger partial charge on any atom is 0.260 e. The second-order valence-electron chi connectivity index (χ2n) is 3.32. The summed E-state index contributed by atoms with van der Waals surface area (Å²) >= 11 is 0. The Kier molecular flexibility index (Phi) is 4.07. The number of amidine groups is 1. The fraction of sp³-hybridized carbons (Fsp3) is 0.500. The van der Waals surface area contributed by atoms with Crippen molar-refractivity contribution in [1.29, 1.82) is 0 Å². The van der Waals surface area contributed by atoms with Crippen LogP contribution in [0, 0.1) is 0 Å². The summed E-state index contributed by atoms with van der Waals surface area (Å²) in [6.07, 6.45) is 1.39. The van der Waals surface area contributed by atoms with Gasteiger partial charge in [0, 0.05) is 13.6 Å². The number of rotatable bonds is 5. The van der Waals surface area contributed by atoms with Crippen molar-refractivity contribution in [2.45, 2.75) is 11.9 Å². The van der Waals surface area contributed by atoms with Gasteiger partial charge in [-0.25, -0.2) is 8.42 Å². The number of hydrogen-bond donors (Lipinski definition) is 2. The Morgan fingerprint density at radius 3 is 2.76 bits per heavy atom. The van der Waals surface area contributed by atoms with E-state index in [0.29, 0.717) is 0 Å². The molecule has 8 nitrogen and oxygen atoms in total. The number of aryl methyl sites for hydroxylation is 1. The number of likely N-dealkylation sites (N-methyl/N-ethyl adjacent to an activating group) is 1. The SMILES string of the molecule is CCN(CC(N)=NO)S(=O)(=O)c1ccnn1C. The van der Waals surface area contributed by atoms with E-state index in [2.05, 4.69) is 10.3 Å². The largest absolute Gasteiger partial charge is 0.409 e. The van der Waals surface area contributed by atoms with E-state index in [0.717, 1.165) is 4.31 Å². The van der Waals surface area contributed by atoms with Gasteiger partial charge in [-0.05, 0) is 6.07 Å². The average molecular weight is 261 g/mol. The molecule has 0 aliphatic carbocycles. The predicted molar refractivity (Wildman–Crippen MR) is 61.0 cm³/mol. The molecule has 1 rings (SSSR count). The fourth-order valence-corrected chi connectivity index (χ4v) is 2.85. The van der Waals surface area contributed by atoms with E-state index in [1.807, 2.05) is 0 Å². The summed E-state index contributed by atoms with van der Waals surface area (Å²) in [4.78, 5) is 0. The Morgan fingerprint density at radius 2 is 2.35 bits per heavy atom. The maximum atomic E-state index is 12.2. The normalized spacial score (nSPS) is 13.2. The maximum absolute atomic E-state index is 12.2. The third-order valence-electron chi connectivity index (χ3n) is 2.20. The third kappa shape index (κ3) is 2.74. The van der Waals surface area contributed by atoms with E-state index in [-0.39, 0.29) is 24.0 Å². The zero-order chi connectivity index (χ0) is 13.1. The van der Waals surface area contributed by atoms with Crippen molar-refractivity contribution in [1.82, 2.24) is 14.1 Å². The molecule has 0 aromatic carbocycles. The summed E-state index contributed by atoms with van der Waals surface area (Å²) in [6, 6.07) is 1.39. The molecule has 96 valence electrons. The smallest absolute Gasteiger partial charge is 0.260 e. The monoisotopic (exact) mass is 261 g/mol. The van der Waals surface area contributed by atoms with E-state index < -0.39 is 10.0 Å². The van der Waals surface area contributed by atoms with Crippen molar-refractivity contribution in [3.05, 3.63) is 12.3 Å². The topological polar surface area (TPSA) is 114 Å². The van der Waals surface area contributed by atoms with Crippen LogP contribution in [0.5, 0.6) is 0 Å². The summed E-state index contributed by atoms with van der Waals surface area (Å²) in [5.74, 6) is -0.169. The van der Waals surface area contributed by atoms with Crippen LogP contribution in [-0.2, 0) is 17.1 Å². The molecular weight excluding hydrogens is 246 g/mol. The minimum Gasteiger partial charge on any atom is -0.409 e. The number of oxime groups is 1. The van der Waals surface area contributed by atoms with Crippen molar-refractivity contribution in [3.63, 3.8) is 0 Å². The van der Waals surface area contributed by atoms with Crippen LogP contribution in [0.3, 0.4) is 0 Å². The summed E-state index contributed by atoms with van der Waals surface area (Å²) in [6.45, 7) is 1.71. The molecule has 0 amide bonds. The van der Waals surface area contributed by atoms with Crippen LogP contribution in [0.1, 0.15) is 6.92 Å². The van der Waals surface area contributed by atoms with Crippen LogP contribution >= 0.6 is 0 Å². The summed E-state index contributed by atoms with van der Waals surface area (Å²) in [7, 11) is -2.15. The van der Waals surface area contributed by atoms with Gasteiger partial charge in [-0.15, -0.1) is 0 Å². The van der Waals surface area contributed by atoms with Gasteiger partial charge in [0.15, 0.2) is 10.9 Å². The lowest BCUT2D eigenvalue weighted by molar-refractivity contribution is 0.315. The molecule has 17 heavy (non-hydrogen) atoms. The lowest BCUT2D eigenvalue weighted by Gasteiger charge is -2.19. The number of aromatic nitrogens is 2. The highest BCUT2D eigenvalue weighted by atomic mass is 32.2. The molecule has 0 radical (unpaired) electrons. The van der Waals surface area contributed by atoms with Gasteiger partial charge in [0.1, 0.15) is 0 Å². The Balaban J connectivity index is 3.08. The first kappa shape index (κ1) is 13.5. The third-order valence-corrected chi connectivity index (χ3v) is 4.20. The molecule has 1 aromatic heterocycles. The summed E-state index contributed by atoms with van der Waals surface area (Å²) < 4.78 is 26.7. The molecule has 0 saturated heterocycles. The molecule has 0 unspecified atom stereocenters. The van der Waals surface area contributed by atoms with Crippen LogP contribution in [-0.4, -0.2) is 46.6 Å². The Labute approximate surface area is 99.4 Å². The minimum absolute atomic E-state index is 0.0603. The molecule has 0 spiro atoms. The van der Waals surface area contributed by atoms with Gasteiger partial charge in [0.25, 0.3) is 10.0 Å². The van der Waals surface area contributed by atoms with E-state index in [1.165, 1.54) is 24.0 Å². The lowest BCUT2D eigenvalue weighted by Crippen LogP contribution is -2.39. The molecule has 0 bridgehead atoms. The van der Waals surface area contributed by atoms with Gasteiger partial charge in [0.05, 0.1) is 12.7 Å². The Bertz CT molecular complexity index is 507. The molecule has 0 fully saturated rings. The second kappa shape index (κ2) is 5.15. The van der Waals surface area contributed by atoms with Crippen molar-refractivity contribution in [2.75, 3.05) is 13.1 Å². The van der Waals surface area contributed by atoms with Crippen LogP contribution in [0.4, 0.5) is 0 Å². The van der Waals surface area contributed by atoms with E-state index in [4.69, 9.17) is 10.9 Å². The molecule has 1 aromatic rings. The minimum atomic E-state index is -3.68. The molecule has 3 N–H and O–H groups in total. The molecule has 1 heterocycles. The van der Waals surface area contributed by atoms with Gasteiger partial charge >= 0.3 is 0 Å². The summed E-state index contributed by atoms with van der Waals surface area (Å²) in [5.41, 5.74) is 5.31. The van der Waals surface area contributed by atoms with Crippen molar-refractivity contribution < 1.29 is 13.6 Å². The van der Waals surface area contributed by atoms with Crippen LogP contribution < -0.4 is 5.73 Å². The highest BCUT2D eigenvalue weighted by Gasteiger charge is 2.26. The number of nitrogens with two attached hydrogens (primary N) is 1. The van der Waals surface area contributed by atoms with Gasteiger partial charge in [0.2, 0.25) is 0 Å². The van der Waals surface area contributed by atoms with Gasteiger partial charge in [-0.3, -0.25) is 4.68 Å². The quantitative estimate of drug-likeness (QED) is 0.311. The van der Waals surface area contributed by atoms with E-state index >= 15 is 0 Å². The number of sulfonamides is 1. The van der Waals surface area contributed by atoms with E-state index in [1.54, 1.807) is 6.92 Å². The second-order valence-corrected chi connectivity index (χ2v) is 5.20. The van der Waals surface area contributed by atoms with Crippen LogP contribution in [0.25, 0.3) is 0 Å². The molecule has 0 saturated carbocycles. The highest BCUT2D eigenvalue weighted by molar-refractivity contribution is 7.89. The molecule has 9 heteroatoms. The molecule has 0 aliphatic rings. The molecule has 0 aliphatic heterocycles. The first-order valence-electron chi connectivity index (χ1n) is 4.88. The zero-order valence-corrected chi connectivity index (χ0v) is 10.4. The zero-order valence-electron chi connectivity index (χ0n) is 9.61. The van der Waals surface area contributed by atoms with Gasteiger partial charge < -0.3 is 10.9 Å². The van der Waals surface area contributed by atoms with Crippen molar-refractivity contribution in [3.8, 4) is 0 Å². The van der Waals surface area contributed by atoms with Crippen molar-refractivity contribution >= 4 is 15.9 Å². The molecular formula is C8H15N5O3S. The standard InChI is InChI=1S/C8H15N5O3S/c1-3-13(6-7(9)11-14)17(15,16)8-4-5-10-12(8)2/h4-5,14H,3,6H2,1-2H3,(H2,9,11). The number of nitrogens with zero attached hydrogens (tertiary/aromatic N) is 4. The van der Waals surface area contributed by atoms with Crippen LogP contribution in [0.15, 0.2) is 22.4 Å². The Morgan fingerprint density at radius 1 is 1.71 bits per heavy atom. The van der Waals surface area contributed by atoms with Crippen molar-refractivity contribution in [2.24, 2.45) is 17.9 Å². The Hall–Kier alpha value is -1.61. The number of hydrogen-bond acceptors (Lipinski definition) is 5. The van der Waals surface area contributed by atoms with E-state index in [9.17, 15) is 8.42 Å². The lowest BCUT2D eigenvalue weighted by atomic mass is 10.6. The summed E-state index contributed by atoms with van der Waals surface area (Å²) in [5, 5.41) is 15.1. The predicted octanol–water partition coefficient (Wildman–Crippen LogP) is -0.823.